The van der Waals surface area contributed by atoms with Crippen LogP contribution in [0, 0.1) is 0 Å². The standard InChI is InChI=1S/C7H12N6O2/c8-11-5-3-1-2-4(6(5)12-9)7(14)15-13-10/h1-3,11-13H,8-10H2. The van der Waals surface area contributed by atoms with Crippen LogP contribution in [-0.2, 0) is 4.84 Å². The third-order valence-corrected chi connectivity index (χ3v) is 1.74. The molecule has 1 rings (SSSR count). The highest BCUT2D eigenvalue weighted by atomic mass is 16.7. The predicted molar refractivity (Wildman–Crippen MR) is 54.8 cm³/mol. The van der Waals surface area contributed by atoms with Crippen LogP contribution in [0.15, 0.2) is 18.2 Å². The topological polar surface area (TPSA) is 140 Å². The normalized spacial score (nSPS) is 9.53. The Kier molecular flexibility index (Phi) is 3.83. The molecular weight excluding hydrogens is 200 g/mol. The molecule has 9 N–H and O–H groups in total. The SMILES string of the molecule is NNOC(=O)c1cccc(NN)c1NN. The molecule has 0 saturated heterocycles. The van der Waals surface area contributed by atoms with Crippen molar-refractivity contribution in [2.45, 2.75) is 0 Å². The van der Waals surface area contributed by atoms with Crippen LogP contribution in [-0.4, -0.2) is 5.97 Å². The lowest BCUT2D eigenvalue weighted by molar-refractivity contribution is 0.0255. The first-order valence-corrected chi connectivity index (χ1v) is 3.97. The fraction of sp³-hybridized carbons (Fsp3) is 0. The van der Waals surface area contributed by atoms with Crippen LogP contribution in [0.2, 0.25) is 0 Å². The van der Waals surface area contributed by atoms with Gasteiger partial charge in [0, 0.05) is 0 Å². The molecular formula is C7H12N6O2. The Morgan fingerprint density at radius 2 is 1.93 bits per heavy atom. The lowest BCUT2D eigenvalue weighted by Crippen LogP contribution is -2.27. The van der Waals surface area contributed by atoms with Gasteiger partial charge < -0.3 is 15.7 Å². The van der Waals surface area contributed by atoms with Crippen LogP contribution >= 0.6 is 0 Å². The van der Waals surface area contributed by atoms with Crippen LogP contribution in [0.5, 0.6) is 0 Å². The molecule has 82 valence electrons. The van der Waals surface area contributed by atoms with Crippen molar-refractivity contribution in [3.05, 3.63) is 23.8 Å². The zero-order valence-corrected chi connectivity index (χ0v) is 7.78. The molecule has 0 aliphatic rings. The second kappa shape index (κ2) is 5.12. The highest BCUT2D eigenvalue weighted by Crippen LogP contribution is 2.24. The summed E-state index contributed by atoms with van der Waals surface area (Å²) in [6.07, 6.45) is 0. The van der Waals surface area contributed by atoms with Crippen molar-refractivity contribution in [3.8, 4) is 0 Å². The fourth-order valence-corrected chi connectivity index (χ4v) is 1.11. The van der Waals surface area contributed by atoms with Gasteiger partial charge in [-0.2, -0.15) is 0 Å². The number of nitrogens with two attached hydrogens (primary N) is 3. The molecule has 0 fully saturated rings. The summed E-state index contributed by atoms with van der Waals surface area (Å²) in [7, 11) is 0. The number of hydrogen-bond donors (Lipinski definition) is 6. The van der Waals surface area contributed by atoms with E-state index in [1.807, 2.05) is 0 Å². The third kappa shape index (κ3) is 2.33. The van der Waals surface area contributed by atoms with Crippen molar-refractivity contribution in [1.29, 1.82) is 0 Å². The zero-order valence-electron chi connectivity index (χ0n) is 7.78. The van der Waals surface area contributed by atoms with E-state index in [1.54, 1.807) is 17.7 Å². The van der Waals surface area contributed by atoms with E-state index >= 15 is 0 Å². The Morgan fingerprint density at radius 3 is 2.47 bits per heavy atom. The van der Waals surface area contributed by atoms with Crippen molar-refractivity contribution in [1.82, 2.24) is 5.59 Å². The van der Waals surface area contributed by atoms with Crippen LogP contribution < -0.4 is 34.0 Å². The Bertz CT molecular complexity index is 355. The first kappa shape index (κ1) is 11.2. The van der Waals surface area contributed by atoms with E-state index in [0.717, 1.165) is 0 Å². The van der Waals surface area contributed by atoms with Gasteiger partial charge in [-0.1, -0.05) is 11.7 Å². The molecule has 0 aromatic heterocycles. The van der Waals surface area contributed by atoms with E-state index in [-0.39, 0.29) is 5.56 Å². The minimum atomic E-state index is -0.678. The van der Waals surface area contributed by atoms with Gasteiger partial charge in [0.25, 0.3) is 0 Å². The first-order chi connectivity index (χ1) is 7.24. The summed E-state index contributed by atoms with van der Waals surface area (Å²) in [5, 5.41) is 0. The predicted octanol–water partition coefficient (Wildman–Crippen LogP) is -1.21. The largest absolute Gasteiger partial charge is 0.360 e. The van der Waals surface area contributed by atoms with Crippen molar-refractivity contribution >= 4 is 17.3 Å². The van der Waals surface area contributed by atoms with Gasteiger partial charge in [0.15, 0.2) is 0 Å². The second-order valence-corrected chi connectivity index (χ2v) is 2.52. The number of rotatable bonds is 4. The number of carbonyl (C=O) groups excluding carboxylic acids is 1. The highest BCUT2D eigenvalue weighted by molar-refractivity contribution is 5.98. The molecule has 8 heteroatoms. The summed E-state index contributed by atoms with van der Waals surface area (Å²) >= 11 is 0. The Balaban J connectivity index is 3.11. The summed E-state index contributed by atoms with van der Waals surface area (Å²) in [6, 6.07) is 4.76. The maximum atomic E-state index is 11.4. The first-order valence-electron chi connectivity index (χ1n) is 3.97. The Hall–Kier alpha value is -1.87. The summed E-state index contributed by atoms with van der Waals surface area (Å²) in [6.45, 7) is 0. The molecule has 0 heterocycles. The maximum Gasteiger partial charge on any atom is 0.360 e. The number of nitrogens with one attached hydrogen (secondary N) is 3. The molecule has 0 bridgehead atoms. The number of anilines is 2. The maximum absolute atomic E-state index is 11.4. The average Bonchev–Trinajstić information content (AvgIpc) is 2.28. The molecule has 0 atom stereocenters. The summed E-state index contributed by atoms with van der Waals surface area (Å²) in [5.41, 5.74) is 7.49. The second-order valence-electron chi connectivity index (χ2n) is 2.52. The number of carbonyl (C=O) groups is 1. The van der Waals surface area contributed by atoms with Gasteiger partial charge in [-0.05, 0) is 12.1 Å². The number of hydrogen-bond acceptors (Lipinski definition) is 8. The van der Waals surface area contributed by atoms with Crippen molar-refractivity contribution < 1.29 is 9.63 Å². The lowest BCUT2D eigenvalue weighted by atomic mass is 10.1. The van der Waals surface area contributed by atoms with E-state index in [2.05, 4.69) is 15.7 Å². The average molecular weight is 212 g/mol. The molecule has 1 aromatic rings. The molecule has 8 nitrogen and oxygen atoms in total. The number of hydrazine groups is 3. The van der Waals surface area contributed by atoms with E-state index in [9.17, 15) is 4.79 Å². The summed E-state index contributed by atoms with van der Waals surface area (Å²) in [4.78, 5) is 15.8. The van der Waals surface area contributed by atoms with Crippen LogP contribution in [0.1, 0.15) is 10.4 Å². The highest BCUT2D eigenvalue weighted by Gasteiger charge is 2.14. The summed E-state index contributed by atoms with van der Waals surface area (Å²) < 4.78 is 0. The van der Waals surface area contributed by atoms with Gasteiger partial charge in [-0.3, -0.25) is 11.7 Å². The molecule has 0 aliphatic carbocycles. The van der Waals surface area contributed by atoms with E-state index < -0.39 is 5.97 Å². The minimum Gasteiger partial charge on any atom is -0.351 e. The van der Waals surface area contributed by atoms with Crippen LogP contribution in [0.4, 0.5) is 11.4 Å². The van der Waals surface area contributed by atoms with Crippen LogP contribution in [0.3, 0.4) is 0 Å². The Labute approximate surface area is 85.6 Å². The van der Waals surface area contributed by atoms with Gasteiger partial charge in [-0.25, -0.2) is 10.6 Å². The van der Waals surface area contributed by atoms with Gasteiger partial charge in [-0.15, -0.1) is 0 Å². The number of benzene rings is 1. The quantitative estimate of drug-likeness (QED) is 0.270. The van der Waals surface area contributed by atoms with E-state index in [0.29, 0.717) is 11.4 Å². The zero-order chi connectivity index (χ0) is 11.3. The minimum absolute atomic E-state index is 0.200. The van der Waals surface area contributed by atoms with E-state index in [4.69, 9.17) is 17.5 Å². The fourth-order valence-electron chi connectivity index (χ4n) is 1.11. The molecule has 0 spiro atoms. The lowest BCUT2D eigenvalue weighted by Gasteiger charge is -2.11. The molecule has 0 aliphatic heterocycles. The van der Waals surface area contributed by atoms with Gasteiger partial charge >= 0.3 is 5.97 Å². The van der Waals surface area contributed by atoms with Crippen LogP contribution in [0.25, 0.3) is 0 Å². The van der Waals surface area contributed by atoms with E-state index in [1.165, 1.54) is 6.07 Å². The monoisotopic (exact) mass is 212 g/mol. The van der Waals surface area contributed by atoms with Crippen molar-refractivity contribution in [2.75, 3.05) is 10.9 Å². The molecule has 1 aromatic carbocycles. The Morgan fingerprint density at radius 1 is 1.20 bits per heavy atom. The summed E-state index contributed by atoms with van der Waals surface area (Å²) in [5.74, 6) is 14.7. The van der Waals surface area contributed by atoms with Gasteiger partial charge in [0.05, 0.1) is 16.9 Å². The molecule has 0 amide bonds. The smallest absolute Gasteiger partial charge is 0.351 e. The molecule has 0 saturated carbocycles. The van der Waals surface area contributed by atoms with Crippen molar-refractivity contribution in [3.63, 3.8) is 0 Å². The van der Waals surface area contributed by atoms with Gasteiger partial charge in [0.2, 0.25) is 0 Å². The molecule has 0 unspecified atom stereocenters. The molecule has 0 radical (unpaired) electrons. The third-order valence-electron chi connectivity index (χ3n) is 1.74. The van der Waals surface area contributed by atoms with Gasteiger partial charge in [0.1, 0.15) is 0 Å². The number of para-hydroxylation sites is 1. The molecule has 15 heavy (non-hydrogen) atoms. The van der Waals surface area contributed by atoms with Crippen molar-refractivity contribution in [2.24, 2.45) is 17.5 Å². The number of nitrogen functional groups attached to an aromatic ring is 2.